The first-order valence-corrected chi connectivity index (χ1v) is 7.57. The zero-order valence-electron chi connectivity index (χ0n) is 11.8. The van der Waals surface area contributed by atoms with Gasteiger partial charge in [0, 0.05) is 33.9 Å². The summed E-state index contributed by atoms with van der Waals surface area (Å²) in [7, 11) is 0. The Kier molecular flexibility index (Phi) is 2.98. The van der Waals surface area contributed by atoms with E-state index in [2.05, 4.69) is 39.6 Å². The number of pyridine rings is 1. The number of aromatic nitrogens is 2. The van der Waals surface area contributed by atoms with Crippen LogP contribution in [0.3, 0.4) is 0 Å². The highest BCUT2D eigenvalue weighted by Crippen LogP contribution is 2.33. The van der Waals surface area contributed by atoms with Gasteiger partial charge in [-0.25, -0.2) is 0 Å². The van der Waals surface area contributed by atoms with E-state index in [-0.39, 0.29) is 6.04 Å². The molecule has 0 saturated carbocycles. The van der Waals surface area contributed by atoms with Crippen LogP contribution in [0.5, 0.6) is 0 Å². The van der Waals surface area contributed by atoms with Crippen LogP contribution >= 0.6 is 11.6 Å². The van der Waals surface area contributed by atoms with E-state index in [1.54, 1.807) is 0 Å². The number of aromatic amines is 1. The van der Waals surface area contributed by atoms with Crippen molar-refractivity contribution in [3.05, 3.63) is 64.1 Å². The van der Waals surface area contributed by atoms with E-state index in [4.69, 9.17) is 11.6 Å². The molecule has 1 aliphatic rings. The summed E-state index contributed by atoms with van der Waals surface area (Å²) in [5.41, 5.74) is 5.83. The summed E-state index contributed by atoms with van der Waals surface area (Å²) < 4.78 is 0. The van der Waals surface area contributed by atoms with Crippen LogP contribution in [0, 0.1) is 6.92 Å². The Labute approximate surface area is 128 Å². The zero-order chi connectivity index (χ0) is 14.4. The first kappa shape index (κ1) is 12.9. The Hall–Kier alpha value is -1.84. The number of aryl methyl sites for hydroxylation is 1. The Balaban J connectivity index is 1.90. The Morgan fingerprint density at radius 2 is 2.14 bits per heavy atom. The molecule has 0 bridgehead atoms. The van der Waals surface area contributed by atoms with Crippen molar-refractivity contribution in [1.29, 1.82) is 0 Å². The van der Waals surface area contributed by atoms with Gasteiger partial charge in [0.2, 0.25) is 0 Å². The number of nitrogens with one attached hydrogen (secondary N) is 2. The van der Waals surface area contributed by atoms with Crippen LogP contribution in [0.4, 0.5) is 0 Å². The van der Waals surface area contributed by atoms with Crippen molar-refractivity contribution in [1.82, 2.24) is 15.3 Å². The third-order valence-corrected chi connectivity index (χ3v) is 4.35. The van der Waals surface area contributed by atoms with Crippen LogP contribution in [-0.2, 0) is 6.42 Å². The minimum absolute atomic E-state index is 0.125. The van der Waals surface area contributed by atoms with Crippen molar-refractivity contribution in [2.45, 2.75) is 19.4 Å². The average Bonchev–Trinajstić information content (AvgIpc) is 2.85. The van der Waals surface area contributed by atoms with E-state index in [9.17, 15) is 0 Å². The van der Waals surface area contributed by atoms with E-state index in [0.29, 0.717) is 0 Å². The molecule has 0 spiro atoms. The first-order valence-electron chi connectivity index (χ1n) is 7.19. The molecule has 0 fully saturated rings. The second kappa shape index (κ2) is 4.86. The van der Waals surface area contributed by atoms with Gasteiger partial charge in [-0.3, -0.25) is 4.98 Å². The molecule has 106 valence electrons. The molecule has 2 N–H and O–H groups in total. The first-order chi connectivity index (χ1) is 10.2. The molecular weight excluding hydrogens is 282 g/mol. The van der Waals surface area contributed by atoms with Crippen LogP contribution < -0.4 is 5.32 Å². The second-order valence-corrected chi connectivity index (χ2v) is 5.98. The summed E-state index contributed by atoms with van der Waals surface area (Å²) in [4.78, 5) is 8.23. The molecular formula is C17H16ClN3. The monoisotopic (exact) mass is 297 g/mol. The van der Waals surface area contributed by atoms with Crippen LogP contribution in [0.15, 0.2) is 36.4 Å². The maximum atomic E-state index is 6.15. The Morgan fingerprint density at radius 1 is 1.24 bits per heavy atom. The maximum Gasteiger partial charge on any atom is 0.0906 e. The molecule has 0 amide bonds. The molecule has 21 heavy (non-hydrogen) atoms. The van der Waals surface area contributed by atoms with Crippen molar-refractivity contribution < 1.29 is 0 Å². The van der Waals surface area contributed by atoms with Gasteiger partial charge >= 0.3 is 0 Å². The van der Waals surface area contributed by atoms with Crippen molar-refractivity contribution >= 4 is 22.5 Å². The number of hydrogen-bond donors (Lipinski definition) is 2. The molecule has 1 unspecified atom stereocenters. The third kappa shape index (κ3) is 2.13. The average molecular weight is 298 g/mol. The van der Waals surface area contributed by atoms with Crippen molar-refractivity contribution in [2.75, 3.05) is 6.54 Å². The predicted octanol–water partition coefficient (Wildman–Crippen LogP) is 3.76. The molecule has 2 aromatic heterocycles. The quantitative estimate of drug-likeness (QED) is 0.718. The van der Waals surface area contributed by atoms with E-state index >= 15 is 0 Å². The highest BCUT2D eigenvalue weighted by atomic mass is 35.5. The predicted molar refractivity (Wildman–Crippen MR) is 85.8 cm³/mol. The molecule has 0 aliphatic carbocycles. The molecule has 4 rings (SSSR count). The van der Waals surface area contributed by atoms with E-state index < -0.39 is 0 Å². The van der Waals surface area contributed by atoms with Crippen LogP contribution in [0.2, 0.25) is 5.02 Å². The fraction of sp³-hybridized carbons (Fsp3) is 0.235. The normalized spacial score (nSPS) is 17.9. The van der Waals surface area contributed by atoms with E-state index in [0.717, 1.165) is 34.9 Å². The molecule has 1 aromatic carbocycles. The lowest BCUT2D eigenvalue weighted by atomic mass is 9.97. The molecule has 1 atom stereocenters. The van der Waals surface area contributed by atoms with Gasteiger partial charge in [0.25, 0.3) is 0 Å². The van der Waals surface area contributed by atoms with Gasteiger partial charge in [-0.2, -0.15) is 0 Å². The molecule has 3 heterocycles. The van der Waals surface area contributed by atoms with Gasteiger partial charge in [-0.05, 0) is 49.2 Å². The molecule has 1 aliphatic heterocycles. The lowest BCUT2D eigenvalue weighted by Gasteiger charge is -2.24. The SMILES string of the molecule is Cc1cccc(C2NCCc3c2[nH]c2ccc(Cl)cc32)n1. The number of benzene rings is 1. The number of H-pyrrole nitrogens is 1. The Bertz CT molecular complexity index is 822. The number of nitrogens with zero attached hydrogens (tertiary/aromatic N) is 1. The number of fused-ring (bicyclic) bond motifs is 3. The molecule has 3 nitrogen and oxygen atoms in total. The van der Waals surface area contributed by atoms with Gasteiger partial charge in [-0.15, -0.1) is 0 Å². The minimum Gasteiger partial charge on any atom is -0.357 e. The number of rotatable bonds is 1. The Morgan fingerprint density at radius 3 is 3.00 bits per heavy atom. The summed E-state index contributed by atoms with van der Waals surface area (Å²) in [5.74, 6) is 0. The highest BCUT2D eigenvalue weighted by molar-refractivity contribution is 6.31. The van der Waals surface area contributed by atoms with Crippen LogP contribution in [0.1, 0.15) is 28.7 Å². The topological polar surface area (TPSA) is 40.7 Å². The zero-order valence-corrected chi connectivity index (χ0v) is 12.5. The smallest absolute Gasteiger partial charge is 0.0906 e. The minimum atomic E-state index is 0.125. The third-order valence-electron chi connectivity index (χ3n) is 4.12. The van der Waals surface area contributed by atoms with Gasteiger partial charge < -0.3 is 10.3 Å². The highest BCUT2D eigenvalue weighted by Gasteiger charge is 2.26. The van der Waals surface area contributed by atoms with Crippen molar-refractivity contribution in [3.63, 3.8) is 0 Å². The van der Waals surface area contributed by atoms with Gasteiger partial charge in [0.05, 0.1) is 11.7 Å². The largest absolute Gasteiger partial charge is 0.357 e. The second-order valence-electron chi connectivity index (χ2n) is 5.55. The van der Waals surface area contributed by atoms with Gasteiger partial charge in [-0.1, -0.05) is 17.7 Å². The fourth-order valence-electron chi connectivity index (χ4n) is 3.18. The lowest BCUT2D eigenvalue weighted by Crippen LogP contribution is -2.31. The summed E-state index contributed by atoms with van der Waals surface area (Å²) >= 11 is 6.15. The summed E-state index contributed by atoms with van der Waals surface area (Å²) in [5, 5.41) is 5.59. The molecule has 3 aromatic rings. The maximum absolute atomic E-state index is 6.15. The van der Waals surface area contributed by atoms with Crippen molar-refractivity contribution in [2.24, 2.45) is 0 Å². The molecule has 0 saturated heterocycles. The molecule has 4 heteroatoms. The fourth-order valence-corrected chi connectivity index (χ4v) is 3.35. The lowest BCUT2D eigenvalue weighted by molar-refractivity contribution is 0.548. The summed E-state index contributed by atoms with van der Waals surface area (Å²) in [6.45, 7) is 2.98. The van der Waals surface area contributed by atoms with Crippen LogP contribution in [-0.4, -0.2) is 16.5 Å². The van der Waals surface area contributed by atoms with E-state index in [1.807, 2.05) is 19.1 Å². The number of halogens is 1. The van der Waals surface area contributed by atoms with Gasteiger partial charge in [0.1, 0.15) is 0 Å². The summed E-state index contributed by atoms with van der Waals surface area (Å²) in [6, 6.07) is 12.3. The summed E-state index contributed by atoms with van der Waals surface area (Å²) in [6.07, 6.45) is 1.01. The number of hydrogen-bond acceptors (Lipinski definition) is 2. The van der Waals surface area contributed by atoms with Gasteiger partial charge in [0.15, 0.2) is 0 Å². The molecule has 0 radical (unpaired) electrons. The van der Waals surface area contributed by atoms with Crippen molar-refractivity contribution in [3.8, 4) is 0 Å². The van der Waals surface area contributed by atoms with E-state index in [1.165, 1.54) is 16.6 Å². The van der Waals surface area contributed by atoms with Crippen LogP contribution in [0.25, 0.3) is 10.9 Å². The standard InChI is InChI=1S/C17H16ClN3/c1-10-3-2-4-15(20-10)17-16-12(7-8-19-17)13-9-11(18)5-6-14(13)21-16/h2-6,9,17,19,21H,7-8H2,1H3.